The van der Waals surface area contributed by atoms with Crippen LogP contribution in [0.1, 0.15) is 25.8 Å². The van der Waals surface area contributed by atoms with E-state index in [9.17, 15) is 8.42 Å². The third-order valence-corrected chi connectivity index (χ3v) is 5.59. The summed E-state index contributed by atoms with van der Waals surface area (Å²) >= 11 is 0. The zero-order chi connectivity index (χ0) is 15.6. The average molecular weight is 312 g/mol. The van der Waals surface area contributed by atoms with E-state index in [-0.39, 0.29) is 12.0 Å². The van der Waals surface area contributed by atoms with E-state index in [0.717, 1.165) is 17.7 Å². The zero-order valence-corrected chi connectivity index (χ0v) is 13.7. The molecular formula is C15H24N2O3S. The molecule has 1 atom stereocenters. The molecule has 2 rings (SSSR count). The molecule has 0 spiro atoms. The van der Waals surface area contributed by atoms with Crippen LogP contribution in [0.2, 0.25) is 0 Å². The van der Waals surface area contributed by atoms with Gasteiger partial charge in [-0.2, -0.15) is 4.31 Å². The van der Waals surface area contributed by atoms with E-state index < -0.39 is 10.0 Å². The molecule has 1 saturated heterocycles. The van der Waals surface area contributed by atoms with Crippen molar-refractivity contribution >= 4 is 10.0 Å². The smallest absolute Gasteiger partial charge is 0.243 e. The Bertz CT molecular complexity index is 599. The van der Waals surface area contributed by atoms with Crippen LogP contribution in [0.5, 0.6) is 5.75 Å². The Hall–Kier alpha value is -1.11. The van der Waals surface area contributed by atoms with E-state index in [2.05, 4.69) is 0 Å². The Morgan fingerprint density at radius 3 is 2.67 bits per heavy atom. The number of nitrogens with two attached hydrogens (primary N) is 1. The first kappa shape index (κ1) is 16.3. The molecule has 6 heteroatoms. The minimum Gasteiger partial charge on any atom is -0.491 e. The van der Waals surface area contributed by atoms with Crippen molar-refractivity contribution in [3.05, 3.63) is 23.8 Å². The highest BCUT2D eigenvalue weighted by Gasteiger charge is 2.32. The van der Waals surface area contributed by atoms with Crippen molar-refractivity contribution in [3.8, 4) is 5.75 Å². The van der Waals surface area contributed by atoms with Crippen LogP contribution in [0.4, 0.5) is 0 Å². The van der Waals surface area contributed by atoms with Crippen molar-refractivity contribution in [3.63, 3.8) is 0 Å². The molecule has 0 amide bonds. The van der Waals surface area contributed by atoms with E-state index in [1.54, 1.807) is 18.2 Å². The molecule has 1 aromatic carbocycles. The van der Waals surface area contributed by atoms with Gasteiger partial charge in [-0.05, 0) is 63.4 Å². The van der Waals surface area contributed by atoms with Crippen LogP contribution in [-0.2, 0) is 10.0 Å². The van der Waals surface area contributed by atoms with Crippen LogP contribution < -0.4 is 10.5 Å². The quantitative estimate of drug-likeness (QED) is 0.899. The second-order valence-electron chi connectivity index (χ2n) is 5.85. The molecule has 5 nitrogen and oxygen atoms in total. The van der Waals surface area contributed by atoms with Gasteiger partial charge in [-0.15, -0.1) is 0 Å². The molecule has 2 N–H and O–H groups in total. The second-order valence-corrected chi connectivity index (χ2v) is 7.79. The number of benzene rings is 1. The van der Waals surface area contributed by atoms with E-state index in [1.807, 2.05) is 20.8 Å². The maximum Gasteiger partial charge on any atom is 0.243 e. The number of nitrogens with zero attached hydrogens (tertiary/aromatic N) is 1. The predicted octanol–water partition coefficient (Wildman–Crippen LogP) is 1.75. The monoisotopic (exact) mass is 312 g/mol. The minimum absolute atomic E-state index is 0.0649. The maximum atomic E-state index is 12.6. The van der Waals surface area contributed by atoms with Gasteiger partial charge in [-0.3, -0.25) is 0 Å². The lowest BCUT2D eigenvalue weighted by Gasteiger charge is -2.18. The largest absolute Gasteiger partial charge is 0.491 e. The van der Waals surface area contributed by atoms with Crippen molar-refractivity contribution in [1.29, 1.82) is 0 Å². The highest BCUT2D eigenvalue weighted by atomic mass is 32.2. The van der Waals surface area contributed by atoms with E-state index in [0.29, 0.717) is 24.5 Å². The number of hydrogen-bond donors (Lipinski definition) is 1. The van der Waals surface area contributed by atoms with E-state index in [4.69, 9.17) is 10.5 Å². The molecule has 1 heterocycles. The molecule has 0 aromatic heterocycles. The Balaban J connectivity index is 2.23. The third kappa shape index (κ3) is 3.56. The average Bonchev–Trinajstić information content (AvgIpc) is 2.90. The number of hydrogen-bond acceptors (Lipinski definition) is 4. The molecule has 1 fully saturated rings. The van der Waals surface area contributed by atoms with Crippen LogP contribution in [0.15, 0.2) is 23.1 Å². The SMILES string of the molecule is Cc1cc(S(=O)(=O)N2CCC(CN)C2)ccc1OC(C)C. The Morgan fingerprint density at radius 1 is 1.43 bits per heavy atom. The molecule has 0 saturated carbocycles. The lowest BCUT2D eigenvalue weighted by atomic mass is 10.1. The highest BCUT2D eigenvalue weighted by Crippen LogP contribution is 2.27. The van der Waals surface area contributed by atoms with Gasteiger partial charge < -0.3 is 10.5 Å². The summed E-state index contributed by atoms with van der Waals surface area (Å²) in [5.41, 5.74) is 6.46. The summed E-state index contributed by atoms with van der Waals surface area (Å²) in [4.78, 5) is 0.328. The van der Waals surface area contributed by atoms with Gasteiger partial charge in [-0.25, -0.2) is 8.42 Å². The van der Waals surface area contributed by atoms with Gasteiger partial charge in [0.1, 0.15) is 5.75 Å². The fraction of sp³-hybridized carbons (Fsp3) is 0.600. The van der Waals surface area contributed by atoms with Gasteiger partial charge in [0, 0.05) is 13.1 Å². The summed E-state index contributed by atoms with van der Waals surface area (Å²) in [6.07, 6.45) is 0.901. The fourth-order valence-electron chi connectivity index (χ4n) is 2.53. The fourth-order valence-corrected chi connectivity index (χ4v) is 4.14. The van der Waals surface area contributed by atoms with Crippen molar-refractivity contribution in [2.24, 2.45) is 11.7 Å². The standard InChI is InChI=1S/C15H24N2O3S/c1-11(2)20-15-5-4-14(8-12(15)3)21(18,19)17-7-6-13(9-16)10-17/h4-5,8,11,13H,6-7,9-10,16H2,1-3H3. The summed E-state index contributed by atoms with van der Waals surface area (Å²) in [6.45, 7) is 7.35. The van der Waals surface area contributed by atoms with Gasteiger partial charge in [-0.1, -0.05) is 0 Å². The van der Waals surface area contributed by atoms with Gasteiger partial charge >= 0.3 is 0 Å². The summed E-state index contributed by atoms with van der Waals surface area (Å²) in [7, 11) is -3.43. The minimum atomic E-state index is -3.43. The van der Waals surface area contributed by atoms with Crippen LogP contribution in [-0.4, -0.2) is 38.5 Å². The predicted molar refractivity (Wildman–Crippen MR) is 82.9 cm³/mol. The number of ether oxygens (including phenoxy) is 1. The van der Waals surface area contributed by atoms with Crippen molar-refractivity contribution < 1.29 is 13.2 Å². The lowest BCUT2D eigenvalue weighted by Crippen LogP contribution is -2.30. The van der Waals surface area contributed by atoms with Gasteiger partial charge in [0.25, 0.3) is 0 Å². The first-order valence-electron chi connectivity index (χ1n) is 7.32. The van der Waals surface area contributed by atoms with Crippen LogP contribution in [0.3, 0.4) is 0 Å². The van der Waals surface area contributed by atoms with Crippen molar-refractivity contribution in [1.82, 2.24) is 4.31 Å². The Labute approximate surface area is 127 Å². The van der Waals surface area contributed by atoms with Crippen molar-refractivity contribution in [2.45, 2.75) is 38.2 Å². The summed E-state index contributed by atoms with van der Waals surface area (Å²) < 4.78 is 32.4. The summed E-state index contributed by atoms with van der Waals surface area (Å²) in [5.74, 6) is 0.995. The molecule has 1 aliphatic heterocycles. The normalized spacial score (nSPS) is 20.1. The van der Waals surface area contributed by atoms with E-state index >= 15 is 0 Å². The van der Waals surface area contributed by atoms with Gasteiger partial charge in [0.05, 0.1) is 11.0 Å². The zero-order valence-electron chi connectivity index (χ0n) is 12.9. The molecule has 1 aliphatic rings. The van der Waals surface area contributed by atoms with Crippen molar-refractivity contribution in [2.75, 3.05) is 19.6 Å². The number of aryl methyl sites for hydroxylation is 1. The summed E-state index contributed by atoms with van der Waals surface area (Å²) in [6, 6.07) is 5.04. The van der Waals surface area contributed by atoms with Gasteiger partial charge in [0.15, 0.2) is 0 Å². The maximum absolute atomic E-state index is 12.6. The molecule has 1 aromatic rings. The first-order valence-corrected chi connectivity index (χ1v) is 8.76. The second kappa shape index (κ2) is 6.34. The van der Waals surface area contributed by atoms with Crippen LogP contribution >= 0.6 is 0 Å². The van der Waals surface area contributed by atoms with E-state index in [1.165, 1.54) is 4.31 Å². The molecule has 118 valence electrons. The summed E-state index contributed by atoms with van der Waals surface area (Å²) in [5, 5.41) is 0. The molecule has 0 aliphatic carbocycles. The molecule has 0 bridgehead atoms. The third-order valence-electron chi connectivity index (χ3n) is 3.73. The number of sulfonamides is 1. The highest BCUT2D eigenvalue weighted by molar-refractivity contribution is 7.89. The van der Waals surface area contributed by atoms with Crippen LogP contribution in [0, 0.1) is 12.8 Å². The molecular weight excluding hydrogens is 288 g/mol. The number of rotatable bonds is 5. The van der Waals surface area contributed by atoms with Crippen LogP contribution in [0.25, 0.3) is 0 Å². The topological polar surface area (TPSA) is 72.6 Å². The molecule has 21 heavy (non-hydrogen) atoms. The molecule has 1 unspecified atom stereocenters. The first-order chi connectivity index (χ1) is 9.84. The van der Waals surface area contributed by atoms with Gasteiger partial charge in [0.2, 0.25) is 10.0 Å². The molecule has 0 radical (unpaired) electrons. The Morgan fingerprint density at radius 2 is 2.14 bits per heavy atom. The lowest BCUT2D eigenvalue weighted by molar-refractivity contribution is 0.240. The Kier molecular flexibility index (Phi) is 4.91.